The fraction of sp³-hybridized carbons (Fsp3) is 0.0833. The predicted molar refractivity (Wildman–Crippen MR) is 170 cm³/mol. The first-order valence-electron chi connectivity index (χ1n) is 14.0. The molecule has 6 aromatic rings. The lowest BCUT2D eigenvalue weighted by molar-refractivity contribution is -0.127. The first-order valence-corrected chi connectivity index (χ1v) is 14.0. The highest BCUT2D eigenvalue weighted by molar-refractivity contribution is 5.91. The molecule has 0 unspecified atom stereocenters. The maximum absolute atomic E-state index is 12.9. The SMILES string of the molecule is C[C@H](Oc1cccc2ccccc12)C(=O)N/N=C\c1cn(-c2ccccc2)nc1-c1ccc(OCc2ccccc2)cc1. The number of fused-ring (bicyclic) bond motifs is 1. The number of rotatable bonds is 10. The van der Waals surface area contributed by atoms with Gasteiger partial charge in [-0.05, 0) is 60.3 Å². The molecule has 6 rings (SSSR count). The Morgan fingerprint density at radius 2 is 1.56 bits per heavy atom. The number of nitrogens with one attached hydrogen (secondary N) is 1. The molecule has 1 N–H and O–H groups in total. The maximum Gasteiger partial charge on any atom is 0.280 e. The van der Waals surface area contributed by atoms with Crippen molar-refractivity contribution in [2.24, 2.45) is 5.10 Å². The van der Waals surface area contributed by atoms with Gasteiger partial charge in [0, 0.05) is 22.7 Å². The van der Waals surface area contributed by atoms with E-state index in [1.54, 1.807) is 17.8 Å². The molecule has 0 saturated carbocycles. The Balaban J connectivity index is 1.18. The number of amides is 1. The van der Waals surface area contributed by atoms with Gasteiger partial charge in [-0.15, -0.1) is 0 Å². The summed E-state index contributed by atoms with van der Waals surface area (Å²) in [6.45, 7) is 2.19. The normalized spacial score (nSPS) is 11.8. The van der Waals surface area contributed by atoms with Crippen molar-refractivity contribution < 1.29 is 14.3 Å². The van der Waals surface area contributed by atoms with Crippen LogP contribution < -0.4 is 14.9 Å². The number of para-hydroxylation sites is 1. The Bertz CT molecular complexity index is 1840. The zero-order valence-electron chi connectivity index (χ0n) is 23.6. The maximum atomic E-state index is 12.9. The fourth-order valence-corrected chi connectivity index (χ4v) is 4.67. The smallest absolute Gasteiger partial charge is 0.280 e. The van der Waals surface area contributed by atoms with E-state index >= 15 is 0 Å². The van der Waals surface area contributed by atoms with Crippen LogP contribution in [0.3, 0.4) is 0 Å². The minimum Gasteiger partial charge on any atom is -0.489 e. The van der Waals surface area contributed by atoms with Crippen LogP contribution in [0.25, 0.3) is 27.7 Å². The van der Waals surface area contributed by atoms with Gasteiger partial charge in [0.25, 0.3) is 5.91 Å². The van der Waals surface area contributed by atoms with Gasteiger partial charge in [-0.25, -0.2) is 10.1 Å². The number of hydrazone groups is 1. The van der Waals surface area contributed by atoms with E-state index in [1.807, 2.05) is 134 Å². The molecule has 1 heterocycles. The molecule has 0 spiro atoms. The van der Waals surface area contributed by atoms with E-state index in [-0.39, 0.29) is 5.91 Å². The molecule has 0 aliphatic heterocycles. The summed E-state index contributed by atoms with van der Waals surface area (Å²) in [5, 5.41) is 11.1. The largest absolute Gasteiger partial charge is 0.489 e. The Morgan fingerprint density at radius 1 is 0.860 bits per heavy atom. The highest BCUT2D eigenvalue weighted by Crippen LogP contribution is 2.27. The highest BCUT2D eigenvalue weighted by Gasteiger charge is 2.16. The number of carbonyl (C=O) groups excluding carboxylic acids is 1. The molecule has 1 aromatic heterocycles. The number of hydrogen-bond donors (Lipinski definition) is 1. The highest BCUT2D eigenvalue weighted by atomic mass is 16.5. The van der Waals surface area contributed by atoms with Crippen LogP contribution in [0.4, 0.5) is 0 Å². The lowest BCUT2D eigenvalue weighted by Gasteiger charge is -2.14. The van der Waals surface area contributed by atoms with E-state index in [0.717, 1.165) is 44.6 Å². The first kappa shape index (κ1) is 27.5. The van der Waals surface area contributed by atoms with Gasteiger partial charge in [-0.3, -0.25) is 4.79 Å². The first-order chi connectivity index (χ1) is 21.1. The fourth-order valence-electron chi connectivity index (χ4n) is 4.67. The molecule has 0 radical (unpaired) electrons. The summed E-state index contributed by atoms with van der Waals surface area (Å²) < 4.78 is 13.7. The molecule has 0 saturated heterocycles. The standard InChI is InChI=1S/C36H30N4O3/c1-26(43-34-18-10-14-28-13-8-9-17-33(28)34)36(41)38-37-23-30-24-40(31-15-6-3-7-16-31)39-35(30)29-19-21-32(22-20-29)42-25-27-11-4-2-5-12-27/h2-24,26H,25H2,1H3,(H,38,41)/b37-23-/t26-/m0/s1. The quantitative estimate of drug-likeness (QED) is 0.141. The summed E-state index contributed by atoms with van der Waals surface area (Å²) >= 11 is 0. The molecule has 0 aliphatic carbocycles. The Hall–Kier alpha value is -5.69. The minimum absolute atomic E-state index is 0.360. The van der Waals surface area contributed by atoms with Crippen LogP contribution in [0.5, 0.6) is 11.5 Å². The Labute approximate surface area is 250 Å². The molecule has 1 atom stereocenters. The average Bonchev–Trinajstić information content (AvgIpc) is 3.49. The molecular formula is C36H30N4O3. The third kappa shape index (κ3) is 6.63. The zero-order chi connectivity index (χ0) is 29.4. The molecule has 0 bridgehead atoms. The van der Waals surface area contributed by atoms with E-state index < -0.39 is 6.10 Å². The third-order valence-corrected chi connectivity index (χ3v) is 6.94. The molecular weight excluding hydrogens is 536 g/mol. The Kier molecular flexibility index (Phi) is 8.22. The van der Waals surface area contributed by atoms with Crippen molar-refractivity contribution >= 4 is 22.9 Å². The van der Waals surface area contributed by atoms with Crippen molar-refractivity contribution in [3.63, 3.8) is 0 Å². The number of carbonyl (C=O) groups is 1. The summed E-state index contributed by atoms with van der Waals surface area (Å²) in [7, 11) is 0. The van der Waals surface area contributed by atoms with Gasteiger partial charge in [0.1, 0.15) is 23.8 Å². The average molecular weight is 567 g/mol. The molecule has 0 fully saturated rings. The second kappa shape index (κ2) is 12.9. The zero-order valence-corrected chi connectivity index (χ0v) is 23.6. The van der Waals surface area contributed by atoms with Gasteiger partial charge in [-0.2, -0.15) is 10.2 Å². The second-order valence-electron chi connectivity index (χ2n) is 9.98. The topological polar surface area (TPSA) is 77.7 Å². The summed E-state index contributed by atoms with van der Waals surface area (Å²) in [5.74, 6) is 1.05. The van der Waals surface area contributed by atoms with Gasteiger partial charge in [-0.1, -0.05) is 84.9 Å². The van der Waals surface area contributed by atoms with Crippen LogP contribution in [-0.2, 0) is 11.4 Å². The molecule has 7 nitrogen and oxygen atoms in total. The monoisotopic (exact) mass is 566 g/mol. The van der Waals surface area contributed by atoms with E-state index in [2.05, 4.69) is 10.5 Å². The van der Waals surface area contributed by atoms with Crippen LogP contribution in [-0.4, -0.2) is 28.0 Å². The second-order valence-corrected chi connectivity index (χ2v) is 9.98. The van der Waals surface area contributed by atoms with Crippen molar-refractivity contribution in [1.29, 1.82) is 0 Å². The summed E-state index contributed by atoms with van der Waals surface area (Å²) in [5.41, 5.74) is 6.98. The summed E-state index contributed by atoms with van der Waals surface area (Å²) in [6.07, 6.45) is 2.73. The number of aromatic nitrogens is 2. The van der Waals surface area contributed by atoms with Crippen LogP contribution in [0.15, 0.2) is 139 Å². The van der Waals surface area contributed by atoms with Crippen molar-refractivity contribution in [1.82, 2.24) is 15.2 Å². The van der Waals surface area contributed by atoms with Crippen LogP contribution in [0.2, 0.25) is 0 Å². The van der Waals surface area contributed by atoms with Crippen LogP contribution in [0.1, 0.15) is 18.1 Å². The van der Waals surface area contributed by atoms with Gasteiger partial charge < -0.3 is 9.47 Å². The number of ether oxygens (including phenoxy) is 2. The van der Waals surface area contributed by atoms with Gasteiger partial charge in [0.05, 0.1) is 11.9 Å². The van der Waals surface area contributed by atoms with E-state index in [0.29, 0.717) is 12.4 Å². The third-order valence-electron chi connectivity index (χ3n) is 6.94. The van der Waals surface area contributed by atoms with Crippen molar-refractivity contribution in [2.75, 3.05) is 0 Å². The number of hydrogen-bond acceptors (Lipinski definition) is 5. The molecule has 5 aromatic carbocycles. The lowest BCUT2D eigenvalue weighted by atomic mass is 10.1. The molecule has 0 aliphatic rings. The van der Waals surface area contributed by atoms with Crippen LogP contribution in [0, 0.1) is 0 Å². The van der Waals surface area contributed by atoms with Gasteiger partial charge in [0.2, 0.25) is 0 Å². The summed E-state index contributed by atoms with van der Waals surface area (Å²) in [4.78, 5) is 12.9. The number of nitrogens with zero attached hydrogens (tertiary/aromatic N) is 3. The van der Waals surface area contributed by atoms with E-state index in [1.165, 1.54) is 0 Å². The Morgan fingerprint density at radius 3 is 2.35 bits per heavy atom. The molecule has 212 valence electrons. The van der Waals surface area contributed by atoms with Crippen molar-refractivity contribution in [2.45, 2.75) is 19.6 Å². The van der Waals surface area contributed by atoms with E-state index in [4.69, 9.17) is 14.6 Å². The lowest BCUT2D eigenvalue weighted by Crippen LogP contribution is -2.33. The minimum atomic E-state index is -0.752. The molecule has 7 heteroatoms. The van der Waals surface area contributed by atoms with Crippen LogP contribution >= 0.6 is 0 Å². The van der Waals surface area contributed by atoms with Gasteiger partial charge >= 0.3 is 0 Å². The molecule has 1 amide bonds. The number of benzene rings is 5. The van der Waals surface area contributed by atoms with Gasteiger partial charge in [0.15, 0.2) is 6.10 Å². The molecule has 43 heavy (non-hydrogen) atoms. The predicted octanol–water partition coefficient (Wildman–Crippen LogP) is 7.19. The summed E-state index contributed by atoms with van der Waals surface area (Å²) in [6, 6.07) is 41.3. The van der Waals surface area contributed by atoms with Crippen molar-refractivity contribution in [3.05, 3.63) is 145 Å². The van der Waals surface area contributed by atoms with Crippen molar-refractivity contribution in [3.8, 4) is 28.4 Å². The van der Waals surface area contributed by atoms with E-state index in [9.17, 15) is 4.79 Å².